The molecule has 0 atom stereocenters. The van der Waals surface area contributed by atoms with Crippen LogP contribution in [0.2, 0.25) is 5.02 Å². The number of alkyl halides is 3. The molecule has 9 heteroatoms. The van der Waals surface area contributed by atoms with Gasteiger partial charge in [-0.3, -0.25) is 14.4 Å². The van der Waals surface area contributed by atoms with Gasteiger partial charge in [0.15, 0.2) is 12.4 Å². The molecule has 0 aliphatic carbocycles. The molecule has 1 amide bonds. The Morgan fingerprint density at radius 3 is 2.40 bits per heavy atom. The molecular formula is C21H19ClF3NO4. The van der Waals surface area contributed by atoms with Crippen molar-refractivity contribution in [3.63, 3.8) is 0 Å². The number of anilines is 1. The predicted octanol–water partition coefficient (Wildman–Crippen LogP) is 5.12. The minimum atomic E-state index is -4.60. The highest BCUT2D eigenvalue weighted by atomic mass is 35.5. The Kier molecular flexibility index (Phi) is 7.61. The van der Waals surface area contributed by atoms with Gasteiger partial charge in [0.25, 0.3) is 5.91 Å². The molecule has 1 N–H and O–H groups in total. The number of carbonyl (C=O) groups excluding carboxylic acids is 3. The molecule has 5 nitrogen and oxygen atoms in total. The maximum absolute atomic E-state index is 12.8. The van der Waals surface area contributed by atoms with E-state index in [4.69, 9.17) is 16.3 Å². The van der Waals surface area contributed by atoms with Crippen LogP contribution < -0.4 is 5.32 Å². The molecule has 0 saturated heterocycles. The Labute approximate surface area is 176 Å². The van der Waals surface area contributed by atoms with Gasteiger partial charge >= 0.3 is 12.1 Å². The Balaban J connectivity index is 1.86. The SMILES string of the molecule is Cc1ccc(C)c(C(=O)CCC(=O)OCC(=O)Nc2cc(C(F)(F)F)ccc2Cl)c1. The maximum atomic E-state index is 12.8. The highest BCUT2D eigenvalue weighted by Crippen LogP contribution is 2.33. The van der Waals surface area contributed by atoms with E-state index in [1.165, 1.54) is 0 Å². The number of ketones is 1. The van der Waals surface area contributed by atoms with Gasteiger partial charge < -0.3 is 10.1 Å². The normalized spacial score (nSPS) is 11.1. The second-order valence-electron chi connectivity index (χ2n) is 6.64. The van der Waals surface area contributed by atoms with Crippen LogP contribution in [-0.2, 0) is 20.5 Å². The molecular weight excluding hydrogens is 423 g/mol. The van der Waals surface area contributed by atoms with Crippen LogP contribution in [0, 0.1) is 13.8 Å². The summed E-state index contributed by atoms with van der Waals surface area (Å²) in [7, 11) is 0. The number of amides is 1. The molecule has 30 heavy (non-hydrogen) atoms. The molecule has 160 valence electrons. The van der Waals surface area contributed by atoms with Gasteiger partial charge in [-0.2, -0.15) is 13.2 Å². The van der Waals surface area contributed by atoms with Crippen molar-refractivity contribution in [1.82, 2.24) is 0 Å². The monoisotopic (exact) mass is 441 g/mol. The molecule has 0 heterocycles. The lowest BCUT2D eigenvalue weighted by Gasteiger charge is -2.12. The van der Waals surface area contributed by atoms with Crippen molar-refractivity contribution in [1.29, 1.82) is 0 Å². The summed E-state index contributed by atoms with van der Waals surface area (Å²) >= 11 is 5.79. The summed E-state index contributed by atoms with van der Waals surface area (Å²) in [6.07, 6.45) is -4.92. The highest BCUT2D eigenvalue weighted by Gasteiger charge is 2.31. The number of carbonyl (C=O) groups is 3. The lowest BCUT2D eigenvalue weighted by atomic mass is 9.99. The molecule has 0 bridgehead atoms. The van der Waals surface area contributed by atoms with Gasteiger partial charge in [-0.1, -0.05) is 29.3 Å². The van der Waals surface area contributed by atoms with Crippen LogP contribution in [0.3, 0.4) is 0 Å². The van der Waals surface area contributed by atoms with E-state index in [2.05, 4.69) is 5.32 Å². The van der Waals surface area contributed by atoms with Gasteiger partial charge in [0.05, 0.1) is 22.7 Å². The standard InChI is InChI=1S/C21H19ClF3NO4/c1-12-3-4-13(2)15(9-12)18(27)7-8-20(29)30-11-19(28)26-17-10-14(21(23,24)25)5-6-16(17)22/h3-6,9-10H,7-8,11H2,1-2H3,(H,26,28). The third-order valence-electron chi connectivity index (χ3n) is 4.18. The molecule has 0 radical (unpaired) electrons. The van der Waals surface area contributed by atoms with E-state index in [1.54, 1.807) is 13.0 Å². The fourth-order valence-electron chi connectivity index (χ4n) is 2.59. The van der Waals surface area contributed by atoms with Gasteiger partial charge in [0, 0.05) is 12.0 Å². The summed E-state index contributed by atoms with van der Waals surface area (Å²) in [6, 6.07) is 7.88. The van der Waals surface area contributed by atoms with Crippen LogP contribution in [0.15, 0.2) is 36.4 Å². The van der Waals surface area contributed by atoms with Gasteiger partial charge in [-0.15, -0.1) is 0 Å². The van der Waals surface area contributed by atoms with Crippen molar-refractivity contribution in [3.8, 4) is 0 Å². The van der Waals surface area contributed by atoms with Crippen LogP contribution in [-0.4, -0.2) is 24.3 Å². The fraction of sp³-hybridized carbons (Fsp3) is 0.286. The van der Waals surface area contributed by atoms with Crippen LogP contribution in [0.25, 0.3) is 0 Å². The summed E-state index contributed by atoms with van der Waals surface area (Å²) < 4.78 is 43.1. The Morgan fingerprint density at radius 1 is 1.03 bits per heavy atom. The first-order valence-electron chi connectivity index (χ1n) is 8.90. The molecule has 2 rings (SSSR count). The zero-order valence-corrected chi connectivity index (χ0v) is 17.0. The van der Waals surface area contributed by atoms with E-state index >= 15 is 0 Å². The molecule has 2 aromatic rings. The first kappa shape index (κ1) is 23.4. The van der Waals surface area contributed by atoms with Crippen molar-refractivity contribution < 1.29 is 32.3 Å². The number of benzene rings is 2. The van der Waals surface area contributed by atoms with Crippen molar-refractivity contribution >= 4 is 34.9 Å². The number of aryl methyl sites for hydroxylation is 2. The predicted molar refractivity (Wildman–Crippen MR) is 106 cm³/mol. The maximum Gasteiger partial charge on any atom is 0.416 e. The first-order valence-corrected chi connectivity index (χ1v) is 9.28. The Hall–Kier alpha value is -2.87. The average Bonchev–Trinajstić information content (AvgIpc) is 2.67. The van der Waals surface area contributed by atoms with E-state index in [0.717, 1.165) is 23.3 Å². The third kappa shape index (κ3) is 6.59. The highest BCUT2D eigenvalue weighted by molar-refractivity contribution is 6.33. The Bertz CT molecular complexity index is 973. The summed E-state index contributed by atoms with van der Waals surface area (Å²) in [4.78, 5) is 35.9. The smallest absolute Gasteiger partial charge is 0.416 e. The van der Waals surface area contributed by atoms with Crippen LogP contribution in [0.5, 0.6) is 0 Å². The van der Waals surface area contributed by atoms with E-state index in [1.807, 2.05) is 19.1 Å². The van der Waals surface area contributed by atoms with Crippen LogP contribution >= 0.6 is 11.6 Å². The lowest BCUT2D eigenvalue weighted by Crippen LogP contribution is -2.21. The van der Waals surface area contributed by atoms with Crippen molar-refractivity contribution in [2.24, 2.45) is 0 Å². The molecule has 0 saturated carbocycles. The topological polar surface area (TPSA) is 72.5 Å². The van der Waals surface area contributed by atoms with E-state index in [0.29, 0.717) is 11.6 Å². The molecule has 0 aliphatic heterocycles. The number of ether oxygens (including phenoxy) is 1. The molecule has 2 aromatic carbocycles. The lowest BCUT2D eigenvalue weighted by molar-refractivity contribution is -0.147. The first-order chi connectivity index (χ1) is 14.0. The van der Waals surface area contributed by atoms with Gasteiger partial charge in [0.2, 0.25) is 0 Å². The fourth-order valence-corrected chi connectivity index (χ4v) is 2.75. The number of esters is 1. The summed E-state index contributed by atoms with van der Waals surface area (Å²) in [5.74, 6) is -1.86. The second-order valence-corrected chi connectivity index (χ2v) is 7.05. The number of Topliss-reactive ketones (excluding diaryl/α,β-unsaturated/α-hetero) is 1. The van der Waals surface area contributed by atoms with Crippen LogP contribution in [0.1, 0.15) is 39.9 Å². The number of hydrogen-bond donors (Lipinski definition) is 1. The molecule has 0 unspecified atom stereocenters. The van der Waals surface area contributed by atoms with Crippen LogP contribution in [0.4, 0.5) is 18.9 Å². The van der Waals surface area contributed by atoms with Gasteiger partial charge in [0.1, 0.15) is 0 Å². The Morgan fingerprint density at radius 2 is 1.73 bits per heavy atom. The van der Waals surface area contributed by atoms with E-state index in [9.17, 15) is 27.6 Å². The summed E-state index contributed by atoms with van der Waals surface area (Å²) in [5.41, 5.74) is 0.981. The zero-order chi connectivity index (χ0) is 22.5. The van der Waals surface area contributed by atoms with Crippen molar-refractivity contribution in [2.45, 2.75) is 32.9 Å². The quantitative estimate of drug-likeness (QED) is 0.478. The average molecular weight is 442 g/mol. The van der Waals surface area contributed by atoms with Gasteiger partial charge in [-0.25, -0.2) is 0 Å². The minimum Gasteiger partial charge on any atom is -0.456 e. The van der Waals surface area contributed by atoms with Crippen molar-refractivity contribution in [2.75, 3.05) is 11.9 Å². The number of rotatable bonds is 7. The molecule has 0 spiro atoms. The van der Waals surface area contributed by atoms with E-state index in [-0.39, 0.29) is 29.3 Å². The molecule has 0 aromatic heterocycles. The van der Waals surface area contributed by atoms with E-state index < -0.39 is 30.2 Å². The number of hydrogen-bond acceptors (Lipinski definition) is 4. The minimum absolute atomic E-state index is 0.0931. The largest absolute Gasteiger partial charge is 0.456 e. The van der Waals surface area contributed by atoms with Gasteiger partial charge in [-0.05, 0) is 43.7 Å². The van der Waals surface area contributed by atoms with Crippen molar-refractivity contribution in [3.05, 3.63) is 63.7 Å². The summed E-state index contributed by atoms with van der Waals surface area (Å²) in [5, 5.41) is 2.07. The number of nitrogens with one attached hydrogen (secondary N) is 1. The molecule has 0 fully saturated rings. The molecule has 0 aliphatic rings. The second kappa shape index (κ2) is 9.75. The zero-order valence-electron chi connectivity index (χ0n) is 16.2. The third-order valence-corrected chi connectivity index (χ3v) is 4.51. The number of halogens is 4. The summed E-state index contributed by atoms with van der Waals surface area (Å²) in [6.45, 7) is 2.91.